The second-order valence-corrected chi connectivity index (χ2v) is 9.82. The lowest BCUT2D eigenvalue weighted by atomic mass is 9.94. The average Bonchev–Trinajstić information content (AvgIpc) is 3.25. The van der Waals surface area contributed by atoms with Gasteiger partial charge in [-0.2, -0.15) is 11.8 Å². The van der Waals surface area contributed by atoms with Crippen LogP contribution in [0, 0.1) is 6.92 Å². The van der Waals surface area contributed by atoms with Gasteiger partial charge >= 0.3 is 5.97 Å². The fourth-order valence-corrected chi connectivity index (χ4v) is 4.62. The number of carbonyl (C=O) groups excluding carboxylic acids is 2. The van der Waals surface area contributed by atoms with Crippen LogP contribution in [0.3, 0.4) is 0 Å². The number of nitrogen functional groups attached to an aromatic ring is 1. The number of carbonyl (C=O) groups is 3. The van der Waals surface area contributed by atoms with E-state index in [1.807, 2.05) is 42.8 Å². The van der Waals surface area contributed by atoms with Gasteiger partial charge in [-0.25, -0.2) is 9.78 Å². The third kappa shape index (κ3) is 7.30. The number of hydrogen-bond acceptors (Lipinski definition) is 7. The number of benzene rings is 2. The Balaban J connectivity index is 1.84. The first-order valence-corrected chi connectivity index (χ1v) is 13.3. The molecule has 0 aliphatic carbocycles. The number of amides is 2. The summed E-state index contributed by atoms with van der Waals surface area (Å²) in [5.41, 5.74) is 9.67. The maximum Gasteiger partial charge on any atom is 0.326 e. The lowest BCUT2D eigenvalue weighted by molar-refractivity contribution is -0.139. The Morgan fingerprint density at radius 2 is 1.94 bits per heavy atom. The number of thioether (sulfide) groups is 1. The van der Waals surface area contributed by atoms with Gasteiger partial charge in [-0.05, 0) is 66.7 Å². The van der Waals surface area contributed by atoms with E-state index in [1.54, 1.807) is 18.2 Å². The molecule has 10 heteroatoms. The molecule has 0 radical (unpaired) electrons. The largest absolute Gasteiger partial charge is 0.480 e. The highest BCUT2D eigenvalue weighted by Crippen LogP contribution is 2.30. The predicted molar refractivity (Wildman–Crippen MR) is 142 cm³/mol. The van der Waals surface area contributed by atoms with Crippen molar-refractivity contribution in [3.63, 3.8) is 0 Å². The van der Waals surface area contributed by atoms with Crippen molar-refractivity contribution in [2.75, 3.05) is 23.1 Å². The monoisotopic (exact) mass is 512 g/mol. The van der Waals surface area contributed by atoms with Crippen LogP contribution in [0.4, 0.5) is 10.8 Å². The molecule has 35 heavy (non-hydrogen) atoms. The molecule has 1 aromatic heterocycles. The Kier molecular flexibility index (Phi) is 9.27. The SMILES string of the molecule is CSCC[C@H](NC(=O)c1ccc(NC(=O)CCc2csc(N)n2)cc1-c1ccccc1C)C(=O)O. The molecule has 1 atom stereocenters. The van der Waals surface area contributed by atoms with Crippen molar-refractivity contribution in [1.29, 1.82) is 0 Å². The highest BCUT2D eigenvalue weighted by molar-refractivity contribution is 7.98. The summed E-state index contributed by atoms with van der Waals surface area (Å²) in [6.07, 6.45) is 2.91. The minimum absolute atomic E-state index is 0.187. The molecular formula is C25H28N4O4S2. The van der Waals surface area contributed by atoms with E-state index < -0.39 is 17.9 Å². The average molecular weight is 513 g/mol. The van der Waals surface area contributed by atoms with Crippen LogP contribution >= 0.6 is 23.1 Å². The van der Waals surface area contributed by atoms with Gasteiger partial charge in [0.2, 0.25) is 5.91 Å². The van der Waals surface area contributed by atoms with Crippen molar-refractivity contribution in [2.45, 2.75) is 32.2 Å². The highest BCUT2D eigenvalue weighted by atomic mass is 32.2. The number of rotatable bonds is 11. The molecule has 0 aliphatic heterocycles. The van der Waals surface area contributed by atoms with Crippen LogP contribution in [0.2, 0.25) is 0 Å². The summed E-state index contributed by atoms with van der Waals surface area (Å²) in [7, 11) is 0. The quantitative estimate of drug-likeness (QED) is 0.302. The minimum atomic E-state index is -1.07. The third-order valence-corrected chi connectivity index (χ3v) is 6.74. The van der Waals surface area contributed by atoms with Crippen LogP contribution in [0.15, 0.2) is 47.8 Å². The Hall–Kier alpha value is -3.37. The topological polar surface area (TPSA) is 134 Å². The van der Waals surface area contributed by atoms with Crippen molar-refractivity contribution in [2.24, 2.45) is 0 Å². The molecule has 0 aliphatic rings. The third-order valence-electron chi connectivity index (χ3n) is 5.37. The van der Waals surface area contributed by atoms with Gasteiger partial charge in [0, 0.05) is 23.1 Å². The maximum atomic E-state index is 13.1. The molecule has 3 aromatic rings. The zero-order chi connectivity index (χ0) is 25.4. The van der Waals surface area contributed by atoms with E-state index in [9.17, 15) is 19.5 Å². The molecule has 8 nitrogen and oxygen atoms in total. The zero-order valence-electron chi connectivity index (χ0n) is 19.5. The highest BCUT2D eigenvalue weighted by Gasteiger charge is 2.23. The number of hydrogen-bond donors (Lipinski definition) is 4. The van der Waals surface area contributed by atoms with Crippen LogP contribution in [-0.4, -0.2) is 45.9 Å². The second-order valence-electron chi connectivity index (χ2n) is 7.95. The number of carboxylic acid groups (broad SMARTS) is 1. The van der Waals surface area contributed by atoms with Crippen molar-refractivity contribution in [3.05, 3.63) is 64.7 Å². The normalized spacial score (nSPS) is 11.6. The minimum Gasteiger partial charge on any atom is -0.480 e. The van der Waals surface area contributed by atoms with E-state index in [4.69, 9.17) is 5.73 Å². The van der Waals surface area contributed by atoms with Crippen molar-refractivity contribution in [1.82, 2.24) is 10.3 Å². The van der Waals surface area contributed by atoms with Crippen molar-refractivity contribution >= 4 is 51.7 Å². The Labute approximate surface area is 212 Å². The van der Waals surface area contributed by atoms with Crippen LogP contribution in [0.25, 0.3) is 11.1 Å². The molecular weight excluding hydrogens is 484 g/mol. The molecule has 1 heterocycles. The first-order valence-electron chi connectivity index (χ1n) is 11.0. The number of anilines is 2. The molecule has 0 saturated heterocycles. The van der Waals surface area contributed by atoms with Crippen LogP contribution in [0.1, 0.15) is 34.5 Å². The van der Waals surface area contributed by atoms with E-state index in [0.717, 1.165) is 16.8 Å². The van der Waals surface area contributed by atoms with E-state index in [0.29, 0.717) is 40.5 Å². The summed E-state index contributed by atoms with van der Waals surface area (Å²) in [5, 5.41) is 17.3. The van der Waals surface area contributed by atoms with Crippen LogP contribution in [-0.2, 0) is 16.0 Å². The van der Waals surface area contributed by atoms with Gasteiger partial charge in [-0.1, -0.05) is 24.3 Å². The summed E-state index contributed by atoms with van der Waals surface area (Å²) >= 11 is 2.85. The molecule has 0 unspecified atom stereocenters. The smallest absolute Gasteiger partial charge is 0.326 e. The molecule has 3 rings (SSSR count). The van der Waals surface area contributed by atoms with Gasteiger partial charge in [0.1, 0.15) is 6.04 Å². The van der Waals surface area contributed by atoms with Gasteiger partial charge in [-0.3, -0.25) is 9.59 Å². The van der Waals surface area contributed by atoms with E-state index in [2.05, 4.69) is 15.6 Å². The number of thiazole rings is 1. The lowest BCUT2D eigenvalue weighted by Gasteiger charge is -2.18. The fraction of sp³-hybridized carbons (Fsp3) is 0.280. The molecule has 5 N–H and O–H groups in total. The second kappa shape index (κ2) is 12.4. The van der Waals surface area contributed by atoms with Gasteiger partial charge < -0.3 is 21.5 Å². The van der Waals surface area contributed by atoms with Crippen LogP contribution < -0.4 is 16.4 Å². The zero-order valence-corrected chi connectivity index (χ0v) is 21.2. The first-order chi connectivity index (χ1) is 16.8. The number of carboxylic acids is 1. The van der Waals surface area contributed by atoms with Gasteiger partial charge in [0.25, 0.3) is 5.91 Å². The van der Waals surface area contributed by atoms with Crippen molar-refractivity contribution in [3.8, 4) is 11.1 Å². The Morgan fingerprint density at radius 1 is 1.17 bits per heavy atom. The Bertz CT molecular complexity index is 1210. The summed E-state index contributed by atoms with van der Waals surface area (Å²) in [6.45, 7) is 1.93. The van der Waals surface area contributed by atoms with Crippen molar-refractivity contribution < 1.29 is 19.5 Å². The van der Waals surface area contributed by atoms with Gasteiger partial charge in [0.05, 0.1) is 5.69 Å². The van der Waals surface area contributed by atoms with E-state index >= 15 is 0 Å². The summed E-state index contributed by atoms with van der Waals surface area (Å²) in [4.78, 5) is 41.5. The number of aliphatic carboxylic acids is 1. The van der Waals surface area contributed by atoms with Gasteiger partial charge in [0.15, 0.2) is 5.13 Å². The Morgan fingerprint density at radius 3 is 2.60 bits per heavy atom. The van der Waals surface area contributed by atoms with E-state index in [1.165, 1.54) is 23.1 Å². The van der Waals surface area contributed by atoms with E-state index in [-0.39, 0.29) is 12.3 Å². The number of aryl methyl sites for hydroxylation is 2. The van der Waals surface area contributed by atoms with Crippen LogP contribution in [0.5, 0.6) is 0 Å². The molecule has 0 spiro atoms. The summed E-state index contributed by atoms with van der Waals surface area (Å²) in [5.74, 6) is -1.13. The summed E-state index contributed by atoms with van der Waals surface area (Å²) in [6, 6.07) is 11.6. The standard InChI is InChI=1S/C25H28N4O4S2/c1-15-5-3-4-6-18(15)20-13-16(27-22(30)10-8-17-14-35-25(26)28-17)7-9-19(20)23(31)29-21(24(32)33)11-12-34-2/h3-7,9,13-14,21H,8,10-12H2,1-2H3,(H2,26,28)(H,27,30)(H,29,31)(H,32,33)/t21-/m0/s1. The number of nitrogens with two attached hydrogens (primary N) is 1. The maximum absolute atomic E-state index is 13.1. The first kappa shape index (κ1) is 26.2. The molecule has 2 aromatic carbocycles. The van der Waals surface area contributed by atoms with Gasteiger partial charge in [-0.15, -0.1) is 11.3 Å². The lowest BCUT2D eigenvalue weighted by Crippen LogP contribution is -2.41. The number of nitrogens with one attached hydrogen (secondary N) is 2. The summed E-state index contributed by atoms with van der Waals surface area (Å²) < 4.78 is 0. The number of aromatic nitrogens is 1. The molecule has 2 amide bonds. The molecule has 0 bridgehead atoms. The molecule has 0 fully saturated rings. The molecule has 184 valence electrons. The predicted octanol–water partition coefficient (Wildman–Crippen LogP) is 4.21. The fourth-order valence-electron chi connectivity index (χ4n) is 3.55. The number of nitrogens with zero attached hydrogens (tertiary/aromatic N) is 1. The molecule has 0 saturated carbocycles.